The second-order valence-corrected chi connectivity index (χ2v) is 5.65. The van der Waals surface area contributed by atoms with Gasteiger partial charge in [-0.25, -0.2) is 9.97 Å². The van der Waals surface area contributed by atoms with Gasteiger partial charge in [-0.2, -0.15) is 0 Å². The maximum atomic E-state index is 4.62. The molecule has 19 heavy (non-hydrogen) atoms. The summed E-state index contributed by atoms with van der Waals surface area (Å²) in [4.78, 5) is 11.5. The first-order valence-corrected chi connectivity index (χ1v) is 7.10. The maximum absolute atomic E-state index is 4.62. The number of likely N-dealkylation sites (tertiary alicyclic amines) is 1. The average molecular weight is 263 g/mol. The van der Waals surface area contributed by atoms with E-state index in [1.807, 2.05) is 13.1 Å². The van der Waals surface area contributed by atoms with Gasteiger partial charge < -0.3 is 15.5 Å². The third kappa shape index (κ3) is 3.80. The number of piperidine rings is 1. The molecular weight excluding hydrogens is 238 g/mol. The minimum Gasteiger partial charge on any atom is -0.373 e. The fourth-order valence-corrected chi connectivity index (χ4v) is 2.42. The minimum absolute atomic E-state index is 0.336. The van der Waals surface area contributed by atoms with Gasteiger partial charge in [-0.05, 0) is 26.4 Å². The quantitative estimate of drug-likeness (QED) is 0.871. The third-order valence-corrected chi connectivity index (χ3v) is 3.49. The lowest BCUT2D eigenvalue weighted by atomic mass is 10.1. The van der Waals surface area contributed by atoms with E-state index < -0.39 is 0 Å². The summed E-state index contributed by atoms with van der Waals surface area (Å²) in [6.07, 6.45) is 2.45. The number of nitrogens with one attached hydrogen (secondary N) is 2. The van der Waals surface area contributed by atoms with E-state index in [1.165, 1.54) is 19.4 Å². The largest absolute Gasteiger partial charge is 0.373 e. The first-order chi connectivity index (χ1) is 9.08. The molecule has 2 rings (SSSR count). The molecule has 1 unspecified atom stereocenters. The normalized spacial score (nSPS) is 20.6. The Hall–Kier alpha value is -1.36. The van der Waals surface area contributed by atoms with Crippen LogP contribution in [-0.4, -0.2) is 48.1 Å². The molecule has 1 aliphatic heterocycles. The Morgan fingerprint density at radius 2 is 2.05 bits per heavy atom. The highest BCUT2D eigenvalue weighted by Gasteiger charge is 2.18. The van der Waals surface area contributed by atoms with Gasteiger partial charge in [0, 0.05) is 31.6 Å². The highest BCUT2D eigenvalue weighted by atomic mass is 15.2. The Morgan fingerprint density at radius 1 is 1.32 bits per heavy atom. The van der Waals surface area contributed by atoms with Crippen molar-refractivity contribution in [3.63, 3.8) is 0 Å². The van der Waals surface area contributed by atoms with E-state index in [4.69, 9.17) is 0 Å². The lowest BCUT2D eigenvalue weighted by Gasteiger charge is -2.30. The summed E-state index contributed by atoms with van der Waals surface area (Å²) < 4.78 is 0. The molecular formula is C14H25N5. The Balaban J connectivity index is 2.12. The molecule has 5 heteroatoms. The van der Waals surface area contributed by atoms with Gasteiger partial charge in [0.1, 0.15) is 17.5 Å². The summed E-state index contributed by atoms with van der Waals surface area (Å²) in [5.41, 5.74) is 0. The van der Waals surface area contributed by atoms with Gasteiger partial charge in [0.2, 0.25) is 0 Å². The molecule has 1 aliphatic rings. The fourth-order valence-electron chi connectivity index (χ4n) is 2.42. The van der Waals surface area contributed by atoms with Crippen LogP contribution in [0.2, 0.25) is 0 Å². The van der Waals surface area contributed by atoms with Crippen molar-refractivity contribution in [1.82, 2.24) is 14.9 Å². The van der Waals surface area contributed by atoms with Gasteiger partial charge in [-0.15, -0.1) is 0 Å². The number of rotatable bonds is 4. The molecule has 2 N–H and O–H groups in total. The molecule has 5 nitrogen and oxygen atoms in total. The summed E-state index contributed by atoms with van der Waals surface area (Å²) in [5, 5.41) is 6.66. The molecule has 0 bridgehead atoms. The molecule has 106 valence electrons. The summed E-state index contributed by atoms with van der Waals surface area (Å²) in [6, 6.07) is 2.47. The van der Waals surface area contributed by atoms with Crippen molar-refractivity contribution in [2.24, 2.45) is 0 Å². The highest BCUT2D eigenvalue weighted by molar-refractivity contribution is 5.48. The van der Waals surface area contributed by atoms with E-state index in [9.17, 15) is 0 Å². The molecule has 2 heterocycles. The van der Waals surface area contributed by atoms with Crippen LogP contribution < -0.4 is 10.6 Å². The van der Waals surface area contributed by atoms with Crippen molar-refractivity contribution in [3.8, 4) is 0 Å². The Morgan fingerprint density at radius 3 is 2.68 bits per heavy atom. The van der Waals surface area contributed by atoms with E-state index in [0.717, 1.165) is 24.0 Å². The number of anilines is 2. The summed E-state index contributed by atoms with van der Waals surface area (Å²) in [5.74, 6) is 3.04. The number of aromatic nitrogens is 2. The average Bonchev–Trinajstić information content (AvgIpc) is 2.38. The van der Waals surface area contributed by atoms with Crippen LogP contribution in [0.1, 0.15) is 38.4 Å². The molecule has 1 saturated heterocycles. The van der Waals surface area contributed by atoms with Crippen molar-refractivity contribution in [2.75, 3.05) is 37.8 Å². The molecule has 0 radical (unpaired) electrons. The van der Waals surface area contributed by atoms with Gasteiger partial charge in [-0.1, -0.05) is 13.8 Å². The van der Waals surface area contributed by atoms with Crippen LogP contribution in [0.4, 0.5) is 11.6 Å². The van der Waals surface area contributed by atoms with Gasteiger partial charge in [-0.3, -0.25) is 0 Å². The predicted octanol–water partition coefficient (Wildman–Crippen LogP) is 2.15. The van der Waals surface area contributed by atoms with Crippen LogP contribution in [0.25, 0.3) is 0 Å². The van der Waals surface area contributed by atoms with Crippen LogP contribution in [0.15, 0.2) is 6.07 Å². The van der Waals surface area contributed by atoms with Gasteiger partial charge in [0.25, 0.3) is 0 Å². The van der Waals surface area contributed by atoms with E-state index in [1.54, 1.807) is 0 Å². The van der Waals surface area contributed by atoms with Crippen molar-refractivity contribution < 1.29 is 0 Å². The number of hydrogen-bond acceptors (Lipinski definition) is 5. The standard InChI is InChI=1S/C14H25N5/c1-10(2)14-17-12(15-3)8-13(18-14)16-11-6-5-7-19(4)9-11/h8,10-11H,5-7,9H2,1-4H3,(H2,15,16,17,18). The maximum Gasteiger partial charge on any atom is 0.135 e. The molecule has 0 amide bonds. The lowest BCUT2D eigenvalue weighted by molar-refractivity contribution is 0.260. The number of hydrogen-bond donors (Lipinski definition) is 2. The van der Waals surface area contributed by atoms with E-state index >= 15 is 0 Å². The van der Waals surface area contributed by atoms with Crippen LogP contribution in [0, 0.1) is 0 Å². The molecule has 1 aromatic heterocycles. The molecule has 0 aliphatic carbocycles. The molecule has 1 fully saturated rings. The first-order valence-electron chi connectivity index (χ1n) is 7.10. The van der Waals surface area contributed by atoms with Crippen molar-refractivity contribution in [2.45, 2.75) is 38.6 Å². The number of likely N-dealkylation sites (N-methyl/N-ethyl adjacent to an activating group) is 1. The summed E-state index contributed by atoms with van der Waals surface area (Å²) >= 11 is 0. The topological polar surface area (TPSA) is 53.1 Å². The van der Waals surface area contributed by atoms with E-state index in [2.05, 4.69) is 46.4 Å². The zero-order valence-electron chi connectivity index (χ0n) is 12.4. The molecule has 0 saturated carbocycles. The van der Waals surface area contributed by atoms with Crippen molar-refractivity contribution >= 4 is 11.6 Å². The zero-order chi connectivity index (χ0) is 13.8. The van der Waals surface area contributed by atoms with Crippen molar-refractivity contribution in [1.29, 1.82) is 0 Å². The van der Waals surface area contributed by atoms with Crippen LogP contribution in [-0.2, 0) is 0 Å². The SMILES string of the molecule is CNc1cc(NC2CCCN(C)C2)nc(C(C)C)n1. The molecule has 0 spiro atoms. The molecule has 1 aromatic rings. The summed E-state index contributed by atoms with van der Waals surface area (Å²) in [7, 11) is 4.07. The summed E-state index contributed by atoms with van der Waals surface area (Å²) in [6.45, 7) is 6.51. The van der Waals surface area contributed by atoms with Crippen molar-refractivity contribution in [3.05, 3.63) is 11.9 Å². The predicted molar refractivity (Wildman–Crippen MR) is 79.8 cm³/mol. The van der Waals surface area contributed by atoms with Crippen LogP contribution in [0.3, 0.4) is 0 Å². The fraction of sp³-hybridized carbons (Fsp3) is 0.714. The Labute approximate surface area is 115 Å². The lowest BCUT2D eigenvalue weighted by Crippen LogP contribution is -2.40. The van der Waals surface area contributed by atoms with E-state index in [-0.39, 0.29) is 0 Å². The van der Waals surface area contributed by atoms with Crippen LogP contribution in [0.5, 0.6) is 0 Å². The number of nitrogens with zero attached hydrogens (tertiary/aromatic N) is 3. The van der Waals surface area contributed by atoms with Gasteiger partial charge in [0.15, 0.2) is 0 Å². The smallest absolute Gasteiger partial charge is 0.135 e. The molecule has 1 atom stereocenters. The van der Waals surface area contributed by atoms with Crippen LogP contribution >= 0.6 is 0 Å². The van der Waals surface area contributed by atoms with Gasteiger partial charge >= 0.3 is 0 Å². The second-order valence-electron chi connectivity index (χ2n) is 5.65. The Kier molecular flexibility index (Phi) is 4.58. The van der Waals surface area contributed by atoms with Gasteiger partial charge in [0.05, 0.1) is 0 Å². The first kappa shape index (κ1) is 14.1. The highest BCUT2D eigenvalue weighted by Crippen LogP contribution is 2.19. The zero-order valence-corrected chi connectivity index (χ0v) is 12.4. The third-order valence-electron chi connectivity index (χ3n) is 3.49. The second kappa shape index (κ2) is 6.19. The monoisotopic (exact) mass is 263 g/mol. The van der Waals surface area contributed by atoms with E-state index in [0.29, 0.717) is 12.0 Å². The molecule has 0 aromatic carbocycles. The Bertz CT molecular complexity index is 418. The minimum atomic E-state index is 0.336.